The Bertz CT molecular complexity index is 754. The van der Waals surface area contributed by atoms with Crippen molar-refractivity contribution in [3.05, 3.63) is 26.6 Å². The van der Waals surface area contributed by atoms with Crippen LogP contribution in [0.3, 0.4) is 0 Å². The van der Waals surface area contributed by atoms with E-state index in [0.29, 0.717) is 11.9 Å². The number of halogens is 2. The fourth-order valence-corrected chi connectivity index (χ4v) is 6.49. The van der Waals surface area contributed by atoms with Gasteiger partial charge in [0.2, 0.25) is 11.9 Å². The smallest absolute Gasteiger partial charge is 0.220 e. The van der Waals surface area contributed by atoms with Crippen LogP contribution in [0, 0.1) is 0 Å². The monoisotopic (exact) mass is 495 g/mol. The van der Waals surface area contributed by atoms with Gasteiger partial charge in [-0.25, -0.2) is 4.99 Å². The number of guanidine groups is 2. The van der Waals surface area contributed by atoms with E-state index in [1.54, 1.807) is 0 Å². The molecule has 4 rings (SSSR count). The number of nitrogens with zero attached hydrogens (tertiary/aromatic N) is 3. The van der Waals surface area contributed by atoms with Crippen LogP contribution in [0.25, 0.3) is 0 Å². The molecule has 0 radical (unpaired) electrons. The number of rotatable bonds is 2. The minimum atomic E-state index is -0.425. The third-order valence-corrected chi connectivity index (χ3v) is 7.40. The van der Waals surface area contributed by atoms with Crippen LogP contribution in [-0.2, 0) is 0 Å². The summed E-state index contributed by atoms with van der Waals surface area (Å²) in [6.07, 6.45) is 11.9. The van der Waals surface area contributed by atoms with Crippen LogP contribution in [-0.4, -0.2) is 17.6 Å². The molecule has 27 heavy (non-hydrogen) atoms. The van der Waals surface area contributed by atoms with E-state index in [2.05, 4.69) is 53.9 Å². The summed E-state index contributed by atoms with van der Waals surface area (Å²) in [6.45, 7) is 0. The summed E-state index contributed by atoms with van der Waals surface area (Å²) in [5, 5.41) is 0. The number of hydrogen-bond acceptors (Lipinski definition) is 5. The third kappa shape index (κ3) is 3.65. The van der Waals surface area contributed by atoms with Crippen molar-refractivity contribution in [1.29, 1.82) is 0 Å². The van der Waals surface area contributed by atoms with Gasteiger partial charge in [0.1, 0.15) is 5.66 Å². The zero-order valence-corrected chi connectivity index (χ0v) is 18.7. The van der Waals surface area contributed by atoms with E-state index in [1.165, 1.54) is 44.1 Å². The molecule has 146 valence electrons. The Hall–Kier alpha value is -1.08. The first-order chi connectivity index (χ1) is 13.0. The largest absolute Gasteiger partial charge is 0.369 e. The first kappa shape index (κ1) is 19.2. The van der Waals surface area contributed by atoms with Crippen LogP contribution < -0.4 is 16.4 Å². The van der Waals surface area contributed by atoms with Gasteiger partial charge in [-0.05, 0) is 94.0 Å². The van der Waals surface area contributed by atoms with Crippen LogP contribution in [0.2, 0.25) is 0 Å². The van der Waals surface area contributed by atoms with E-state index in [0.717, 1.165) is 40.3 Å². The predicted molar refractivity (Wildman–Crippen MR) is 119 cm³/mol. The van der Waals surface area contributed by atoms with Gasteiger partial charge in [-0.2, -0.15) is 4.99 Å². The lowest BCUT2D eigenvalue weighted by atomic mass is 9.84. The standard InChI is InChI=1S/C20H27Br2N5/c21-15-11-14(13-7-3-1-4-8-13)12-16(22)17(15)27-19(24)25-18(23)26-20(27)9-5-2-6-10-20/h11-13H,1-10H2,(H4,23,24,25,26). The van der Waals surface area contributed by atoms with Crippen LogP contribution in [0.5, 0.6) is 0 Å². The maximum Gasteiger partial charge on any atom is 0.220 e. The average molecular weight is 497 g/mol. The molecule has 4 N–H and O–H groups in total. The van der Waals surface area contributed by atoms with Crippen LogP contribution >= 0.6 is 31.9 Å². The molecule has 1 spiro atoms. The van der Waals surface area contributed by atoms with Crippen LogP contribution in [0.1, 0.15) is 75.7 Å². The van der Waals surface area contributed by atoms with Crippen molar-refractivity contribution in [1.82, 2.24) is 0 Å². The third-order valence-electron chi connectivity index (χ3n) is 6.19. The Morgan fingerprint density at radius 1 is 0.926 bits per heavy atom. The van der Waals surface area contributed by atoms with Gasteiger partial charge in [-0.1, -0.05) is 25.7 Å². The van der Waals surface area contributed by atoms with Crippen molar-refractivity contribution in [3.8, 4) is 0 Å². The Kier molecular flexibility index (Phi) is 5.52. The van der Waals surface area contributed by atoms with Gasteiger partial charge in [-0.15, -0.1) is 0 Å². The SMILES string of the molecule is NC1=NC2(CCCCC2)N(c2c(Br)cc(C3CCCCC3)cc2Br)C(N)=N1. The molecule has 5 nitrogen and oxygen atoms in total. The average Bonchev–Trinajstić information content (AvgIpc) is 2.64. The number of hydrogen-bond donors (Lipinski definition) is 2. The first-order valence-electron chi connectivity index (χ1n) is 9.99. The molecule has 0 aromatic heterocycles. The molecule has 0 bridgehead atoms. The highest BCUT2D eigenvalue weighted by Crippen LogP contribution is 2.46. The van der Waals surface area contributed by atoms with Gasteiger partial charge < -0.3 is 11.5 Å². The lowest BCUT2D eigenvalue weighted by Gasteiger charge is -2.46. The fraction of sp³-hybridized carbons (Fsp3) is 0.600. The molecular formula is C20H27Br2N5. The van der Waals surface area contributed by atoms with Crippen LogP contribution in [0.4, 0.5) is 5.69 Å². The van der Waals surface area contributed by atoms with E-state index in [9.17, 15) is 0 Å². The van der Waals surface area contributed by atoms with Gasteiger partial charge in [0.25, 0.3) is 0 Å². The van der Waals surface area contributed by atoms with Crippen molar-refractivity contribution in [2.45, 2.75) is 75.8 Å². The second kappa shape index (κ2) is 7.74. The zero-order valence-electron chi connectivity index (χ0n) is 15.6. The number of benzene rings is 1. The Morgan fingerprint density at radius 3 is 2.15 bits per heavy atom. The molecular weight excluding hydrogens is 470 g/mol. The summed E-state index contributed by atoms with van der Waals surface area (Å²) in [6, 6.07) is 4.53. The minimum Gasteiger partial charge on any atom is -0.369 e. The van der Waals surface area contributed by atoms with Gasteiger partial charge in [0, 0.05) is 8.95 Å². The highest BCUT2D eigenvalue weighted by atomic mass is 79.9. The summed E-state index contributed by atoms with van der Waals surface area (Å²) < 4.78 is 2.08. The summed E-state index contributed by atoms with van der Waals surface area (Å²) in [4.78, 5) is 11.2. The maximum absolute atomic E-state index is 6.40. The van der Waals surface area contributed by atoms with Gasteiger partial charge >= 0.3 is 0 Å². The molecule has 0 saturated heterocycles. The summed E-state index contributed by atoms with van der Waals surface area (Å²) in [5.74, 6) is 1.36. The molecule has 0 unspecified atom stereocenters. The van der Waals surface area contributed by atoms with E-state index in [-0.39, 0.29) is 5.96 Å². The Balaban J connectivity index is 1.75. The molecule has 1 aromatic rings. The van der Waals surface area contributed by atoms with E-state index >= 15 is 0 Å². The fourth-order valence-electron chi connectivity index (χ4n) is 4.92. The summed E-state index contributed by atoms with van der Waals surface area (Å²) in [7, 11) is 0. The normalized spacial score (nSPS) is 23.3. The van der Waals surface area contributed by atoms with Gasteiger partial charge in [-0.3, -0.25) is 4.90 Å². The molecule has 2 fully saturated rings. The molecule has 3 aliphatic rings. The highest BCUT2D eigenvalue weighted by Gasteiger charge is 2.44. The van der Waals surface area contributed by atoms with E-state index in [4.69, 9.17) is 16.5 Å². The Labute approximate surface area is 177 Å². The van der Waals surface area contributed by atoms with Crippen molar-refractivity contribution < 1.29 is 0 Å². The van der Waals surface area contributed by atoms with Crippen LogP contribution in [0.15, 0.2) is 31.1 Å². The molecule has 1 aliphatic heterocycles. The van der Waals surface area contributed by atoms with Crippen molar-refractivity contribution in [3.63, 3.8) is 0 Å². The lowest BCUT2D eigenvalue weighted by molar-refractivity contribution is 0.305. The summed E-state index contributed by atoms with van der Waals surface area (Å²) >= 11 is 7.66. The van der Waals surface area contributed by atoms with Gasteiger partial charge in [0.15, 0.2) is 0 Å². The zero-order chi connectivity index (χ0) is 19.0. The quantitative estimate of drug-likeness (QED) is 0.577. The number of aliphatic imine (C=N–C) groups is 2. The molecule has 1 heterocycles. The molecule has 0 atom stereocenters. The van der Waals surface area contributed by atoms with E-state index in [1.807, 2.05) is 0 Å². The molecule has 7 heteroatoms. The topological polar surface area (TPSA) is 80.0 Å². The second-order valence-electron chi connectivity index (χ2n) is 7.99. The molecule has 0 amide bonds. The minimum absolute atomic E-state index is 0.289. The second-order valence-corrected chi connectivity index (χ2v) is 9.70. The highest BCUT2D eigenvalue weighted by molar-refractivity contribution is 9.11. The number of nitrogens with two attached hydrogens (primary N) is 2. The Morgan fingerprint density at radius 2 is 1.52 bits per heavy atom. The molecule has 2 saturated carbocycles. The van der Waals surface area contributed by atoms with E-state index < -0.39 is 5.66 Å². The molecule has 2 aliphatic carbocycles. The van der Waals surface area contributed by atoms with Crippen molar-refractivity contribution in [2.75, 3.05) is 4.90 Å². The van der Waals surface area contributed by atoms with Crippen molar-refractivity contribution in [2.24, 2.45) is 21.5 Å². The lowest BCUT2D eigenvalue weighted by Crippen LogP contribution is -2.58. The maximum atomic E-state index is 6.40. The predicted octanol–water partition coefficient (Wildman–Crippen LogP) is 5.37. The first-order valence-corrected chi connectivity index (χ1v) is 11.6. The summed E-state index contributed by atoms with van der Waals surface area (Å²) in [5.41, 5.74) is 14.4. The van der Waals surface area contributed by atoms with Crippen molar-refractivity contribution >= 4 is 49.5 Å². The van der Waals surface area contributed by atoms with Gasteiger partial charge in [0.05, 0.1) is 5.69 Å². The molecule has 1 aromatic carbocycles. The number of anilines is 1.